The first kappa shape index (κ1) is 17.1. The Morgan fingerprint density at radius 1 is 1.35 bits per heavy atom. The predicted molar refractivity (Wildman–Crippen MR) is 70.0 cm³/mol. The third-order valence-corrected chi connectivity index (χ3v) is 3.96. The molecule has 104 valence electrons. The van der Waals surface area contributed by atoms with Crippen LogP contribution in [0, 0.1) is 0 Å². The predicted octanol–water partition coefficient (Wildman–Crippen LogP) is 2.40. The third kappa shape index (κ3) is 4.55. The van der Waals surface area contributed by atoms with E-state index in [2.05, 4.69) is 9.72 Å². The molecule has 9 heteroatoms. The molecule has 1 N–H and O–H groups in total. The van der Waals surface area contributed by atoms with Gasteiger partial charge in [0.15, 0.2) is 0 Å². The summed E-state index contributed by atoms with van der Waals surface area (Å²) in [4.78, 5) is 14.6. The first-order valence-corrected chi connectivity index (χ1v) is 6.46. The maximum atomic E-state index is 12.0. The number of aromatic carboxylic acids is 1. The van der Waals surface area contributed by atoms with Gasteiger partial charge in [-0.15, -0.1) is 13.2 Å². The van der Waals surface area contributed by atoms with E-state index in [1.54, 1.807) is 5.41 Å². The Kier molecular flexibility index (Phi) is 5.69. The second-order valence-corrected chi connectivity index (χ2v) is 5.34. The summed E-state index contributed by atoms with van der Waals surface area (Å²) in [6.45, 7) is 0. The van der Waals surface area contributed by atoms with Crippen LogP contribution in [0.1, 0.15) is 10.4 Å². The van der Waals surface area contributed by atoms with Crippen LogP contribution in [0.4, 0.5) is 13.2 Å². The topological polar surface area (TPSA) is 59.4 Å². The summed E-state index contributed by atoms with van der Waals surface area (Å²) >= 11 is 0. The van der Waals surface area contributed by atoms with Crippen LogP contribution in [-0.2, 0) is 4.74 Å². The van der Waals surface area contributed by atoms with Gasteiger partial charge in [-0.2, -0.15) is 10.9 Å². The number of hydrogen-bond acceptors (Lipinski definition) is 3. The summed E-state index contributed by atoms with van der Waals surface area (Å²) in [6.07, 6.45) is -2.32. The number of pyridine rings is 1. The van der Waals surface area contributed by atoms with Crippen LogP contribution in [-0.4, -0.2) is 52.0 Å². The molecule has 2 heterocycles. The van der Waals surface area contributed by atoms with Gasteiger partial charge in [-0.25, -0.2) is 4.79 Å². The summed E-state index contributed by atoms with van der Waals surface area (Å²) in [7, 11) is -1.14. The number of hydrogen-bond donors (Lipinski definition) is 2. The second kappa shape index (κ2) is 6.66. The van der Waals surface area contributed by atoms with Gasteiger partial charge >= 0.3 is 41.9 Å². The Morgan fingerprint density at radius 2 is 2.05 bits per heavy atom. The van der Waals surface area contributed by atoms with E-state index in [1.807, 2.05) is 0 Å². The summed E-state index contributed by atoms with van der Waals surface area (Å²) in [5.74, 6) is -1.38. The molecular weight excluding hydrogens is 306 g/mol. The number of alkyl halides is 3. The van der Waals surface area contributed by atoms with Crippen molar-refractivity contribution < 1.29 is 27.8 Å². The molecule has 2 rings (SSSR count). The first-order chi connectivity index (χ1) is 8.85. The molecule has 0 saturated carbocycles. The average molecular weight is 315 g/mol. The van der Waals surface area contributed by atoms with Crippen LogP contribution in [0.5, 0.6) is 0 Å². The molecule has 1 aromatic rings. The van der Waals surface area contributed by atoms with E-state index in [0.29, 0.717) is 5.03 Å². The molecule has 0 aliphatic carbocycles. The zero-order valence-electron chi connectivity index (χ0n) is 9.26. The molecule has 1 aromatic heterocycles. The zero-order valence-corrected chi connectivity index (χ0v) is 10.2. The van der Waals surface area contributed by atoms with Gasteiger partial charge in [0, 0.05) is 11.6 Å². The van der Waals surface area contributed by atoms with Crippen LogP contribution in [0.3, 0.4) is 0 Å². The molecule has 0 amide bonds. The zero-order chi connectivity index (χ0) is 14.0. The van der Waals surface area contributed by atoms with Crippen molar-refractivity contribution in [3.63, 3.8) is 0 Å². The van der Waals surface area contributed by atoms with Gasteiger partial charge in [-0.3, -0.25) is 4.98 Å². The number of ether oxygens (including phenoxy) is 1. The number of carboxylic acids is 1. The minimum absolute atomic E-state index is 0. The maximum absolute atomic E-state index is 12.0. The molecular formula is C11H9F3NNaO3S. The van der Waals surface area contributed by atoms with Crippen molar-refractivity contribution >= 4 is 46.4 Å². The monoisotopic (exact) mass is 315 g/mol. The first-order valence-electron chi connectivity index (χ1n) is 4.98. The van der Waals surface area contributed by atoms with Crippen molar-refractivity contribution in [1.82, 2.24) is 4.98 Å². The fourth-order valence-electron chi connectivity index (χ4n) is 1.38. The molecule has 4 nitrogen and oxygen atoms in total. The Labute approximate surface area is 137 Å². The van der Waals surface area contributed by atoms with Crippen LogP contribution in [0.15, 0.2) is 46.0 Å². The van der Waals surface area contributed by atoms with Gasteiger partial charge < -0.3 is 9.84 Å². The van der Waals surface area contributed by atoms with Crippen LogP contribution < -0.4 is 0 Å². The molecule has 1 unspecified atom stereocenters. The molecule has 0 radical (unpaired) electrons. The Bertz CT molecular complexity index is 557. The molecule has 1 aliphatic rings. The van der Waals surface area contributed by atoms with Gasteiger partial charge in [0.2, 0.25) is 0 Å². The molecule has 0 bridgehead atoms. The quantitative estimate of drug-likeness (QED) is 0.664. The number of carbonyl (C=O) groups is 1. The van der Waals surface area contributed by atoms with Crippen molar-refractivity contribution in [2.45, 2.75) is 11.4 Å². The van der Waals surface area contributed by atoms with Crippen molar-refractivity contribution in [1.29, 1.82) is 0 Å². The molecule has 0 aromatic carbocycles. The average Bonchev–Trinajstić information content (AvgIpc) is 2.75. The molecule has 1 aliphatic heterocycles. The number of halogens is 3. The van der Waals surface area contributed by atoms with Crippen molar-refractivity contribution in [2.75, 3.05) is 0 Å². The molecule has 20 heavy (non-hydrogen) atoms. The van der Waals surface area contributed by atoms with Crippen molar-refractivity contribution in [3.05, 3.63) is 46.5 Å². The van der Waals surface area contributed by atoms with Crippen LogP contribution in [0.2, 0.25) is 0 Å². The van der Waals surface area contributed by atoms with Crippen LogP contribution in [0.25, 0.3) is 0 Å². The normalized spacial score (nSPS) is 19.1. The number of allylic oxidation sites excluding steroid dienone is 1. The Balaban J connectivity index is 0.00000200. The van der Waals surface area contributed by atoms with Gasteiger partial charge in [0.1, 0.15) is 5.76 Å². The summed E-state index contributed by atoms with van der Waals surface area (Å²) in [5, 5.41) is 12.1. The Morgan fingerprint density at radius 3 is 2.55 bits per heavy atom. The minimum atomic E-state index is -4.72. The van der Waals surface area contributed by atoms with E-state index in [9.17, 15) is 18.0 Å². The third-order valence-electron chi connectivity index (χ3n) is 2.16. The van der Waals surface area contributed by atoms with E-state index in [1.165, 1.54) is 29.8 Å². The van der Waals surface area contributed by atoms with Crippen molar-refractivity contribution in [2.24, 2.45) is 0 Å². The van der Waals surface area contributed by atoms with E-state index >= 15 is 0 Å². The SMILES string of the molecule is O=C(O)c1ccc([SH]2C=CC(OC(F)(F)F)=C2)nc1.[NaH]. The standard InChI is InChI=1S/C11H8F3NO3S.Na.H/c12-11(13,14)18-8-3-4-19(6-8)9-2-1-7(5-15-9)10(16)17;;/h1-6,19H,(H,16,17);;. The number of carboxylic acid groups (broad SMARTS) is 1. The summed E-state index contributed by atoms with van der Waals surface area (Å²) in [5.41, 5.74) is 0.0256. The van der Waals surface area contributed by atoms with Crippen LogP contribution >= 0.6 is 10.9 Å². The number of nitrogens with zero attached hydrogens (tertiary/aromatic N) is 1. The van der Waals surface area contributed by atoms with Crippen molar-refractivity contribution in [3.8, 4) is 0 Å². The fourth-order valence-corrected chi connectivity index (χ4v) is 2.91. The molecule has 0 saturated heterocycles. The number of thiol groups is 1. The van der Waals surface area contributed by atoms with E-state index in [-0.39, 0.29) is 40.9 Å². The summed E-state index contributed by atoms with van der Waals surface area (Å²) in [6, 6.07) is 2.84. The molecule has 0 spiro atoms. The number of rotatable bonds is 3. The second-order valence-electron chi connectivity index (χ2n) is 3.51. The van der Waals surface area contributed by atoms with Gasteiger partial charge in [0.05, 0.1) is 10.6 Å². The van der Waals surface area contributed by atoms with Gasteiger partial charge in [-0.1, -0.05) is 0 Å². The molecule has 1 atom stereocenters. The van der Waals surface area contributed by atoms with E-state index in [0.717, 1.165) is 0 Å². The van der Waals surface area contributed by atoms with E-state index in [4.69, 9.17) is 5.11 Å². The fraction of sp³-hybridized carbons (Fsp3) is 0.0909. The van der Waals surface area contributed by atoms with Gasteiger partial charge in [-0.05, 0) is 23.6 Å². The number of aromatic nitrogens is 1. The summed E-state index contributed by atoms with van der Waals surface area (Å²) < 4.78 is 39.8. The Hall–Kier alpha value is -0.960. The molecule has 0 fully saturated rings. The van der Waals surface area contributed by atoms with E-state index < -0.39 is 23.2 Å². The van der Waals surface area contributed by atoms with Gasteiger partial charge in [0.25, 0.3) is 0 Å².